The van der Waals surface area contributed by atoms with E-state index in [1.54, 1.807) is 42.5 Å². The number of ether oxygens (including phenoxy) is 1. The van der Waals surface area contributed by atoms with E-state index >= 15 is 8.78 Å². The lowest BCUT2D eigenvalue weighted by molar-refractivity contribution is -0.0825. The molecular weight excluding hydrogens is 433 g/mol. The summed E-state index contributed by atoms with van der Waals surface area (Å²) >= 11 is 0. The first kappa shape index (κ1) is 24.3. The fourth-order valence-corrected chi connectivity index (χ4v) is 3.29. The Morgan fingerprint density at radius 3 is 2.24 bits per heavy atom. The summed E-state index contributed by atoms with van der Waals surface area (Å²) in [6, 6.07) is 19.5. The van der Waals surface area contributed by atoms with Gasteiger partial charge in [0.05, 0.1) is 6.10 Å². The van der Waals surface area contributed by atoms with Crippen LogP contribution in [0.5, 0.6) is 0 Å². The number of aliphatic hydroxyl groups excluding tert-OH is 1. The fourth-order valence-electron chi connectivity index (χ4n) is 3.29. The first-order chi connectivity index (χ1) is 15.9. The van der Waals surface area contributed by atoms with Crippen LogP contribution >= 0.6 is 0 Å². The van der Waals surface area contributed by atoms with Crippen LogP contribution < -0.4 is 10.6 Å². The molecule has 3 aromatic carbocycles. The number of aliphatic hydroxyl groups is 1. The van der Waals surface area contributed by atoms with E-state index in [-0.39, 0.29) is 25.3 Å². The summed E-state index contributed by atoms with van der Waals surface area (Å²) in [5.74, 6) is -4.02. The fraction of sp³-hybridized carbons (Fsp3) is 0.240. The maximum atomic E-state index is 15.3. The number of hydrogen-bond donors (Lipinski definition) is 3. The lowest BCUT2D eigenvalue weighted by Crippen LogP contribution is -2.55. The second-order valence-electron chi connectivity index (χ2n) is 7.50. The van der Waals surface area contributed by atoms with E-state index in [1.807, 2.05) is 0 Å². The molecule has 0 aliphatic rings. The molecule has 1 amide bonds. The van der Waals surface area contributed by atoms with Crippen molar-refractivity contribution in [1.29, 1.82) is 0 Å². The van der Waals surface area contributed by atoms with Gasteiger partial charge in [-0.1, -0.05) is 72.8 Å². The van der Waals surface area contributed by atoms with Crippen LogP contribution in [0, 0.1) is 5.82 Å². The second kappa shape index (κ2) is 11.5. The van der Waals surface area contributed by atoms with Crippen molar-refractivity contribution in [2.75, 3.05) is 6.54 Å². The SMILES string of the molecule is O=C(N[C@H]([C@@H](O)CNCc1cccc(F)c1)C(F)(F)c1ccccc1)OCc1ccccc1. The Morgan fingerprint density at radius 1 is 0.939 bits per heavy atom. The minimum atomic E-state index is -3.59. The minimum Gasteiger partial charge on any atom is -0.445 e. The number of halogens is 3. The third-order valence-corrected chi connectivity index (χ3v) is 4.99. The third kappa shape index (κ3) is 7.06. The van der Waals surface area contributed by atoms with Gasteiger partial charge in [0.15, 0.2) is 0 Å². The van der Waals surface area contributed by atoms with Crippen LogP contribution in [-0.4, -0.2) is 29.9 Å². The number of carbonyl (C=O) groups is 1. The number of hydrogen-bond acceptors (Lipinski definition) is 4. The highest BCUT2D eigenvalue weighted by atomic mass is 19.3. The summed E-state index contributed by atoms with van der Waals surface area (Å²) in [6.45, 7) is -0.232. The molecule has 0 fully saturated rings. The molecule has 0 aliphatic heterocycles. The number of carbonyl (C=O) groups excluding carboxylic acids is 1. The van der Waals surface area contributed by atoms with Crippen LogP contribution in [0.3, 0.4) is 0 Å². The van der Waals surface area contributed by atoms with Crippen LogP contribution in [0.1, 0.15) is 16.7 Å². The number of benzene rings is 3. The maximum absolute atomic E-state index is 15.3. The molecule has 0 aliphatic carbocycles. The number of alkyl halides is 2. The summed E-state index contributed by atoms with van der Waals surface area (Å²) in [6.07, 6.45) is -2.75. The first-order valence-corrected chi connectivity index (χ1v) is 10.4. The molecule has 33 heavy (non-hydrogen) atoms. The van der Waals surface area contributed by atoms with Gasteiger partial charge < -0.3 is 20.5 Å². The van der Waals surface area contributed by atoms with Crippen LogP contribution in [0.2, 0.25) is 0 Å². The summed E-state index contributed by atoms with van der Waals surface area (Å²) < 4.78 is 49.0. The molecule has 0 bridgehead atoms. The Bertz CT molecular complexity index is 1020. The van der Waals surface area contributed by atoms with Crippen molar-refractivity contribution >= 4 is 6.09 Å². The third-order valence-electron chi connectivity index (χ3n) is 4.99. The van der Waals surface area contributed by atoms with Crippen LogP contribution in [-0.2, 0) is 23.8 Å². The van der Waals surface area contributed by atoms with E-state index < -0.39 is 30.0 Å². The average molecular weight is 458 g/mol. The Kier molecular flexibility index (Phi) is 8.46. The van der Waals surface area contributed by atoms with Gasteiger partial charge >= 0.3 is 6.09 Å². The molecule has 0 saturated heterocycles. The molecule has 2 atom stereocenters. The van der Waals surface area contributed by atoms with E-state index in [9.17, 15) is 14.3 Å². The van der Waals surface area contributed by atoms with Gasteiger partial charge in [-0.3, -0.25) is 0 Å². The van der Waals surface area contributed by atoms with Gasteiger partial charge in [0.2, 0.25) is 0 Å². The Morgan fingerprint density at radius 2 is 1.58 bits per heavy atom. The normalized spacial score (nSPS) is 13.2. The van der Waals surface area contributed by atoms with Crippen molar-refractivity contribution in [1.82, 2.24) is 10.6 Å². The quantitative estimate of drug-likeness (QED) is 0.422. The molecule has 0 spiro atoms. The number of nitrogens with one attached hydrogen (secondary N) is 2. The molecule has 0 aromatic heterocycles. The van der Waals surface area contributed by atoms with E-state index in [1.165, 1.54) is 42.5 Å². The van der Waals surface area contributed by atoms with E-state index in [0.717, 1.165) is 0 Å². The van der Waals surface area contributed by atoms with Crippen molar-refractivity contribution in [2.45, 2.75) is 31.2 Å². The van der Waals surface area contributed by atoms with Crippen molar-refractivity contribution < 1.29 is 27.8 Å². The van der Waals surface area contributed by atoms with Crippen LogP contribution in [0.15, 0.2) is 84.9 Å². The monoisotopic (exact) mass is 458 g/mol. The predicted molar refractivity (Wildman–Crippen MR) is 118 cm³/mol. The lowest BCUT2D eigenvalue weighted by Gasteiger charge is -2.31. The first-order valence-electron chi connectivity index (χ1n) is 10.4. The van der Waals surface area contributed by atoms with E-state index in [4.69, 9.17) is 4.74 Å². The maximum Gasteiger partial charge on any atom is 0.407 e. The van der Waals surface area contributed by atoms with Crippen molar-refractivity contribution in [2.24, 2.45) is 0 Å². The summed E-state index contributed by atoms with van der Waals surface area (Å²) in [5, 5.41) is 15.5. The summed E-state index contributed by atoms with van der Waals surface area (Å²) in [4.78, 5) is 12.3. The Balaban J connectivity index is 1.68. The molecule has 0 heterocycles. The van der Waals surface area contributed by atoms with Gasteiger partial charge in [-0.25, -0.2) is 9.18 Å². The molecular formula is C25H25F3N2O3. The zero-order valence-electron chi connectivity index (χ0n) is 17.8. The predicted octanol–water partition coefficient (Wildman–Crippen LogP) is 4.36. The van der Waals surface area contributed by atoms with E-state index in [0.29, 0.717) is 11.1 Å². The Hall–Kier alpha value is -3.36. The molecule has 5 nitrogen and oxygen atoms in total. The summed E-state index contributed by atoms with van der Waals surface area (Å²) in [7, 11) is 0. The largest absolute Gasteiger partial charge is 0.445 e. The highest BCUT2D eigenvalue weighted by Crippen LogP contribution is 2.33. The highest BCUT2D eigenvalue weighted by molar-refractivity contribution is 5.68. The molecule has 8 heteroatoms. The standard InChI is InChI=1S/C25H25F3N2O3/c26-21-13-7-10-19(14-21)15-29-16-22(31)23(25(27,28)20-11-5-2-6-12-20)30-24(32)33-17-18-8-3-1-4-9-18/h1-14,22-23,29,31H,15-17H2,(H,30,32)/t22-,23+/m0/s1. The number of rotatable bonds is 10. The molecule has 0 saturated carbocycles. The van der Waals surface area contributed by atoms with Crippen molar-refractivity contribution in [3.8, 4) is 0 Å². The van der Waals surface area contributed by atoms with Crippen LogP contribution in [0.25, 0.3) is 0 Å². The minimum absolute atomic E-state index is 0.107. The van der Waals surface area contributed by atoms with Gasteiger partial charge in [-0.2, -0.15) is 8.78 Å². The molecule has 3 aromatic rings. The molecule has 3 N–H and O–H groups in total. The zero-order chi connectivity index (χ0) is 23.7. The lowest BCUT2D eigenvalue weighted by atomic mass is 9.96. The number of alkyl carbamates (subject to hydrolysis) is 1. The van der Waals surface area contributed by atoms with Gasteiger partial charge in [0.25, 0.3) is 5.92 Å². The smallest absolute Gasteiger partial charge is 0.407 e. The van der Waals surface area contributed by atoms with E-state index in [2.05, 4.69) is 10.6 Å². The van der Waals surface area contributed by atoms with Gasteiger partial charge in [-0.05, 0) is 23.3 Å². The molecule has 0 unspecified atom stereocenters. The topological polar surface area (TPSA) is 70.6 Å². The highest BCUT2D eigenvalue weighted by Gasteiger charge is 2.46. The number of amides is 1. The molecule has 174 valence electrons. The molecule has 3 rings (SSSR count). The zero-order valence-corrected chi connectivity index (χ0v) is 17.8. The van der Waals surface area contributed by atoms with Crippen molar-refractivity contribution in [3.63, 3.8) is 0 Å². The van der Waals surface area contributed by atoms with Gasteiger partial charge in [-0.15, -0.1) is 0 Å². The van der Waals surface area contributed by atoms with Gasteiger partial charge in [0, 0.05) is 18.7 Å². The average Bonchev–Trinajstić information content (AvgIpc) is 2.82. The van der Waals surface area contributed by atoms with Gasteiger partial charge in [0.1, 0.15) is 18.5 Å². The second-order valence-corrected chi connectivity index (χ2v) is 7.50. The summed E-state index contributed by atoms with van der Waals surface area (Å²) in [5.41, 5.74) is 0.919. The van der Waals surface area contributed by atoms with Crippen LogP contribution in [0.4, 0.5) is 18.0 Å². The Labute approximate surface area is 190 Å². The molecule has 0 radical (unpaired) electrons. The van der Waals surface area contributed by atoms with Crippen molar-refractivity contribution in [3.05, 3.63) is 107 Å².